The molecule has 128 valence electrons. The Morgan fingerprint density at radius 3 is 2.83 bits per heavy atom. The first-order valence-corrected chi connectivity index (χ1v) is 8.44. The molecule has 0 fully saturated rings. The summed E-state index contributed by atoms with van der Waals surface area (Å²) < 4.78 is 17.0. The number of aryl methyl sites for hydroxylation is 1. The molecular formula is C20H24O4. The quantitative estimate of drug-likeness (QED) is 0.825. The van der Waals surface area contributed by atoms with E-state index in [4.69, 9.17) is 14.2 Å². The number of benzene rings is 2. The lowest BCUT2D eigenvalue weighted by molar-refractivity contribution is 0.110. The molecule has 3 rings (SSSR count). The monoisotopic (exact) mass is 328 g/mol. The van der Waals surface area contributed by atoms with Crippen molar-refractivity contribution >= 4 is 0 Å². The molecule has 0 spiro atoms. The Balaban J connectivity index is 1.94. The molecule has 2 aromatic rings. The summed E-state index contributed by atoms with van der Waals surface area (Å²) in [4.78, 5) is 0. The second-order valence-electron chi connectivity index (χ2n) is 5.91. The van der Waals surface area contributed by atoms with Crippen molar-refractivity contribution in [2.75, 3.05) is 26.4 Å². The fraction of sp³-hybridized carbons (Fsp3) is 0.400. The van der Waals surface area contributed by atoms with Crippen LogP contribution in [0, 0.1) is 6.92 Å². The van der Waals surface area contributed by atoms with E-state index in [9.17, 15) is 5.11 Å². The third-order valence-corrected chi connectivity index (χ3v) is 4.22. The van der Waals surface area contributed by atoms with Crippen LogP contribution in [0.15, 0.2) is 30.3 Å². The number of hydrogen-bond donors (Lipinski definition) is 1. The average Bonchev–Trinajstić information content (AvgIpc) is 2.77. The maximum atomic E-state index is 9.44. The number of hydrogen-bond acceptors (Lipinski definition) is 4. The number of aliphatic hydroxyl groups is 1. The van der Waals surface area contributed by atoms with E-state index >= 15 is 0 Å². The van der Waals surface area contributed by atoms with E-state index in [1.807, 2.05) is 25.1 Å². The van der Waals surface area contributed by atoms with E-state index in [1.165, 1.54) is 11.1 Å². The van der Waals surface area contributed by atoms with E-state index in [1.54, 1.807) is 0 Å². The second kappa shape index (κ2) is 7.69. The van der Waals surface area contributed by atoms with Crippen LogP contribution in [-0.2, 0) is 17.8 Å². The largest absolute Gasteiger partial charge is 0.493 e. The molecule has 1 N–H and O–H groups in total. The van der Waals surface area contributed by atoms with E-state index in [2.05, 4.69) is 19.1 Å². The van der Waals surface area contributed by atoms with Gasteiger partial charge in [-0.1, -0.05) is 6.07 Å². The van der Waals surface area contributed by atoms with Crippen molar-refractivity contribution in [1.29, 1.82) is 0 Å². The van der Waals surface area contributed by atoms with Gasteiger partial charge < -0.3 is 19.3 Å². The SMILES string of the molecule is CCOCCOc1cc(C)c2c(c1)CCOc1ccc(CO)cc1-2. The van der Waals surface area contributed by atoms with E-state index in [0.717, 1.165) is 34.6 Å². The maximum absolute atomic E-state index is 9.44. The standard InChI is InChI=1S/C20H24O4/c1-3-22-8-9-23-17-10-14(2)20-16(12-17)6-7-24-19-5-4-15(13-21)11-18(19)20/h4-5,10-12,21H,3,6-9,13H2,1-2H3. The van der Waals surface area contributed by atoms with Gasteiger partial charge in [0, 0.05) is 18.6 Å². The molecule has 0 unspecified atom stereocenters. The zero-order valence-electron chi connectivity index (χ0n) is 14.3. The van der Waals surface area contributed by atoms with Crippen molar-refractivity contribution in [1.82, 2.24) is 0 Å². The Bertz CT molecular complexity index is 709. The van der Waals surface area contributed by atoms with Crippen LogP contribution in [0.3, 0.4) is 0 Å². The van der Waals surface area contributed by atoms with Gasteiger partial charge in [-0.05, 0) is 60.4 Å². The fourth-order valence-electron chi connectivity index (χ4n) is 3.12. The fourth-order valence-corrected chi connectivity index (χ4v) is 3.12. The van der Waals surface area contributed by atoms with Crippen molar-refractivity contribution in [3.05, 3.63) is 47.0 Å². The first kappa shape index (κ1) is 16.8. The summed E-state index contributed by atoms with van der Waals surface area (Å²) in [5, 5.41) is 9.44. The molecule has 0 bridgehead atoms. The van der Waals surface area contributed by atoms with E-state index < -0.39 is 0 Å². The minimum absolute atomic E-state index is 0.0281. The van der Waals surface area contributed by atoms with Crippen LogP contribution in [0.25, 0.3) is 11.1 Å². The van der Waals surface area contributed by atoms with Gasteiger partial charge in [-0.25, -0.2) is 0 Å². The topological polar surface area (TPSA) is 47.9 Å². The number of ether oxygens (including phenoxy) is 3. The number of rotatable bonds is 6. The summed E-state index contributed by atoms with van der Waals surface area (Å²) in [7, 11) is 0. The molecular weight excluding hydrogens is 304 g/mol. The molecule has 4 nitrogen and oxygen atoms in total. The smallest absolute Gasteiger partial charge is 0.127 e. The van der Waals surface area contributed by atoms with Gasteiger partial charge in [0.05, 0.1) is 19.8 Å². The molecule has 1 aliphatic rings. The third-order valence-electron chi connectivity index (χ3n) is 4.22. The van der Waals surface area contributed by atoms with Gasteiger partial charge in [0.1, 0.15) is 18.1 Å². The lowest BCUT2D eigenvalue weighted by atomic mass is 9.92. The van der Waals surface area contributed by atoms with Crippen LogP contribution in [0.1, 0.15) is 23.6 Å². The van der Waals surface area contributed by atoms with Crippen molar-refractivity contribution in [3.63, 3.8) is 0 Å². The zero-order chi connectivity index (χ0) is 16.9. The van der Waals surface area contributed by atoms with Gasteiger partial charge in [0.25, 0.3) is 0 Å². The molecule has 0 saturated heterocycles. The normalized spacial score (nSPS) is 12.8. The summed E-state index contributed by atoms with van der Waals surface area (Å²) in [6.45, 7) is 6.58. The van der Waals surface area contributed by atoms with Crippen LogP contribution in [0.5, 0.6) is 11.5 Å². The minimum atomic E-state index is 0.0281. The van der Waals surface area contributed by atoms with Crippen LogP contribution in [0.2, 0.25) is 0 Å². The minimum Gasteiger partial charge on any atom is -0.493 e. The Morgan fingerprint density at radius 2 is 2.04 bits per heavy atom. The van der Waals surface area contributed by atoms with Crippen molar-refractivity contribution in [3.8, 4) is 22.6 Å². The van der Waals surface area contributed by atoms with Gasteiger partial charge in [-0.2, -0.15) is 0 Å². The molecule has 4 heteroatoms. The highest BCUT2D eigenvalue weighted by molar-refractivity contribution is 5.78. The molecule has 0 aromatic heterocycles. The number of aliphatic hydroxyl groups excluding tert-OH is 1. The van der Waals surface area contributed by atoms with Gasteiger partial charge in [-0.15, -0.1) is 0 Å². The molecule has 0 amide bonds. The Labute approximate surface area is 143 Å². The molecule has 0 radical (unpaired) electrons. The van der Waals surface area contributed by atoms with Crippen molar-refractivity contribution < 1.29 is 19.3 Å². The molecule has 24 heavy (non-hydrogen) atoms. The lowest BCUT2D eigenvalue weighted by Crippen LogP contribution is -2.07. The Kier molecular flexibility index (Phi) is 5.38. The summed E-state index contributed by atoms with van der Waals surface area (Å²) >= 11 is 0. The zero-order valence-corrected chi connectivity index (χ0v) is 14.3. The van der Waals surface area contributed by atoms with Gasteiger partial charge in [0.15, 0.2) is 0 Å². The first-order chi connectivity index (χ1) is 11.7. The Morgan fingerprint density at radius 1 is 1.17 bits per heavy atom. The van der Waals surface area contributed by atoms with Crippen LogP contribution < -0.4 is 9.47 Å². The molecule has 0 atom stereocenters. The van der Waals surface area contributed by atoms with E-state index in [0.29, 0.717) is 26.4 Å². The molecule has 2 aromatic carbocycles. The average molecular weight is 328 g/mol. The van der Waals surface area contributed by atoms with Gasteiger partial charge in [0.2, 0.25) is 0 Å². The van der Waals surface area contributed by atoms with Crippen LogP contribution in [-0.4, -0.2) is 31.5 Å². The molecule has 0 saturated carbocycles. The molecule has 0 aliphatic carbocycles. The maximum Gasteiger partial charge on any atom is 0.127 e. The third kappa shape index (κ3) is 3.55. The second-order valence-corrected chi connectivity index (χ2v) is 5.91. The summed E-state index contributed by atoms with van der Waals surface area (Å²) in [6.07, 6.45) is 0.835. The predicted octanol–water partition coefficient (Wildman–Crippen LogP) is 3.50. The summed E-state index contributed by atoms with van der Waals surface area (Å²) in [6, 6.07) is 10.0. The van der Waals surface area contributed by atoms with Crippen molar-refractivity contribution in [2.24, 2.45) is 0 Å². The van der Waals surface area contributed by atoms with Crippen LogP contribution in [0.4, 0.5) is 0 Å². The summed E-state index contributed by atoms with van der Waals surface area (Å²) in [5.41, 5.74) is 5.50. The van der Waals surface area contributed by atoms with Crippen molar-refractivity contribution in [2.45, 2.75) is 26.9 Å². The lowest BCUT2D eigenvalue weighted by Gasteiger charge is -2.15. The highest BCUT2D eigenvalue weighted by Gasteiger charge is 2.19. The van der Waals surface area contributed by atoms with E-state index in [-0.39, 0.29) is 6.61 Å². The molecule has 1 heterocycles. The first-order valence-electron chi connectivity index (χ1n) is 8.44. The highest BCUT2D eigenvalue weighted by Crippen LogP contribution is 2.40. The van der Waals surface area contributed by atoms with Gasteiger partial charge in [-0.3, -0.25) is 0 Å². The highest BCUT2D eigenvalue weighted by atomic mass is 16.5. The Hall–Kier alpha value is -2.04. The summed E-state index contributed by atoms with van der Waals surface area (Å²) in [5.74, 6) is 1.74. The van der Waals surface area contributed by atoms with Crippen LogP contribution >= 0.6 is 0 Å². The predicted molar refractivity (Wildman–Crippen MR) is 93.7 cm³/mol. The number of fused-ring (bicyclic) bond motifs is 3. The van der Waals surface area contributed by atoms with Gasteiger partial charge >= 0.3 is 0 Å². The molecule has 1 aliphatic heterocycles.